The quantitative estimate of drug-likeness (QED) is 0.539. The number of ether oxygens (including phenoxy) is 1. The molecule has 6 nitrogen and oxygen atoms in total. The Kier molecular flexibility index (Phi) is 8.82. The fourth-order valence-corrected chi connectivity index (χ4v) is 2.62. The molecule has 2 amide bonds. The van der Waals surface area contributed by atoms with Crippen molar-refractivity contribution in [3.63, 3.8) is 0 Å². The van der Waals surface area contributed by atoms with Crippen LogP contribution in [0.3, 0.4) is 0 Å². The Balaban J connectivity index is 1.95. The number of urea groups is 1. The molecule has 0 bridgehead atoms. The van der Waals surface area contributed by atoms with Gasteiger partial charge in [-0.2, -0.15) is 0 Å². The maximum Gasteiger partial charge on any atom is 0.314 e. The summed E-state index contributed by atoms with van der Waals surface area (Å²) < 4.78 is 5.59. The molecule has 1 aliphatic heterocycles. The first-order valence-corrected chi connectivity index (χ1v) is 7.98. The number of hydrogen-bond acceptors (Lipinski definition) is 3. The van der Waals surface area contributed by atoms with E-state index in [0.717, 1.165) is 38.7 Å². The molecule has 1 rings (SSSR count). The molecular formula is C15H28N2O4. The number of carbonyl (C=O) groups is 2. The maximum atomic E-state index is 11.6. The molecule has 0 saturated carbocycles. The molecule has 1 fully saturated rings. The van der Waals surface area contributed by atoms with Crippen molar-refractivity contribution in [2.45, 2.75) is 58.0 Å². The molecule has 0 aromatic rings. The van der Waals surface area contributed by atoms with Gasteiger partial charge in [-0.3, -0.25) is 4.79 Å². The lowest BCUT2D eigenvalue weighted by molar-refractivity contribution is -0.137. The van der Waals surface area contributed by atoms with Gasteiger partial charge in [-0.15, -0.1) is 0 Å². The van der Waals surface area contributed by atoms with Crippen molar-refractivity contribution in [2.75, 3.05) is 19.7 Å². The van der Waals surface area contributed by atoms with Crippen LogP contribution in [0.1, 0.15) is 51.9 Å². The standard InChI is InChI=1S/C15H28N2O4/c1-2-13-12(8-10-21-13)11-17-15(20)16-9-6-4-3-5-7-14(18)19/h12-13H,2-11H2,1H3,(H,18,19)(H2,16,17,20). The van der Waals surface area contributed by atoms with Gasteiger partial charge in [0.2, 0.25) is 0 Å². The highest BCUT2D eigenvalue weighted by molar-refractivity contribution is 5.73. The number of rotatable bonds is 10. The third-order valence-electron chi connectivity index (χ3n) is 3.88. The molecule has 122 valence electrons. The van der Waals surface area contributed by atoms with Crippen LogP contribution in [0.4, 0.5) is 4.79 Å². The Morgan fingerprint density at radius 1 is 1.19 bits per heavy atom. The second-order valence-corrected chi connectivity index (χ2v) is 5.56. The van der Waals surface area contributed by atoms with Crippen LogP contribution in [0.15, 0.2) is 0 Å². The summed E-state index contributed by atoms with van der Waals surface area (Å²) in [4.78, 5) is 22.0. The van der Waals surface area contributed by atoms with Crippen molar-refractivity contribution in [2.24, 2.45) is 5.92 Å². The Labute approximate surface area is 126 Å². The Hall–Kier alpha value is -1.30. The van der Waals surface area contributed by atoms with Crippen molar-refractivity contribution in [1.82, 2.24) is 10.6 Å². The van der Waals surface area contributed by atoms with Crippen LogP contribution in [-0.4, -0.2) is 42.9 Å². The topological polar surface area (TPSA) is 87.7 Å². The molecule has 3 N–H and O–H groups in total. The molecule has 1 heterocycles. The zero-order valence-corrected chi connectivity index (χ0v) is 12.9. The Morgan fingerprint density at radius 2 is 1.95 bits per heavy atom. The van der Waals surface area contributed by atoms with E-state index >= 15 is 0 Å². The lowest BCUT2D eigenvalue weighted by Gasteiger charge is -2.17. The molecule has 1 aliphatic rings. The molecule has 0 spiro atoms. The summed E-state index contributed by atoms with van der Waals surface area (Å²) in [5, 5.41) is 14.2. The average Bonchev–Trinajstić information content (AvgIpc) is 2.91. The summed E-state index contributed by atoms with van der Waals surface area (Å²) in [5.41, 5.74) is 0. The second kappa shape index (κ2) is 10.4. The van der Waals surface area contributed by atoms with E-state index < -0.39 is 5.97 Å². The minimum atomic E-state index is -0.742. The van der Waals surface area contributed by atoms with Gasteiger partial charge in [-0.25, -0.2) is 4.79 Å². The van der Waals surface area contributed by atoms with E-state index in [0.29, 0.717) is 25.4 Å². The van der Waals surface area contributed by atoms with E-state index in [-0.39, 0.29) is 18.6 Å². The van der Waals surface area contributed by atoms with Crippen LogP contribution in [-0.2, 0) is 9.53 Å². The van der Waals surface area contributed by atoms with E-state index in [9.17, 15) is 9.59 Å². The maximum absolute atomic E-state index is 11.6. The van der Waals surface area contributed by atoms with Gasteiger partial charge in [0.05, 0.1) is 6.10 Å². The summed E-state index contributed by atoms with van der Waals surface area (Å²) in [6, 6.07) is -0.123. The molecule has 21 heavy (non-hydrogen) atoms. The third kappa shape index (κ3) is 7.90. The number of carboxylic acid groups (broad SMARTS) is 1. The average molecular weight is 300 g/mol. The summed E-state index contributed by atoms with van der Waals surface area (Å²) in [6.07, 6.45) is 5.95. The minimum absolute atomic E-state index is 0.123. The highest BCUT2D eigenvalue weighted by atomic mass is 16.5. The predicted octanol–water partition coefficient (Wildman–Crippen LogP) is 2.14. The van der Waals surface area contributed by atoms with Gasteiger partial charge in [0.1, 0.15) is 0 Å². The lowest BCUT2D eigenvalue weighted by Crippen LogP contribution is -2.40. The van der Waals surface area contributed by atoms with Gasteiger partial charge in [-0.05, 0) is 25.7 Å². The number of nitrogens with one attached hydrogen (secondary N) is 2. The second-order valence-electron chi connectivity index (χ2n) is 5.56. The summed E-state index contributed by atoms with van der Waals surface area (Å²) in [6.45, 7) is 4.20. The molecule has 2 unspecified atom stereocenters. The first-order valence-electron chi connectivity index (χ1n) is 7.98. The van der Waals surface area contributed by atoms with Gasteiger partial charge in [-0.1, -0.05) is 19.8 Å². The first-order chi connectivity index (χ1) is 10.1. The van der Waals surface area contributed by atoms with E-state index in [2.05, 4.69) is 17.6 Å². The van der Waals surface area contributed by atoms with Crippen molar-refractivity contribution in [3.05, 3.63) is 0 Å². The SMILES string of the molecule is CCC1OCCC1CNC(=O)NCCCCCCC(=O)O. The van der Waals surface area contributed by atoms with Gasteiger partial charge >= 0.3 is 12.0 Å². The number of unbranched alkanes of at least 4 members (excludes halogenated alkanes) is 3. The van der Waals surface area contributed by atoms with Crippen LogP contribution in [0.5, 0.6) is 0 Å². The molecule has 0 aromatic carbocycles. The van der Waals surface area contributed by atoms with Crippen molar-refractivity contribution >= 4 is 12.0 Å². The summed E-state index contributed by atoms with van der Waals surface area (Å²) in [7, 11) is 0. The van der Waals surface area contributed by atoms with Crippen LogP contribution < -0.4 is 10.6 Å². The normalized spacial score (nSPS) is 21.2. The highest BCUT2D eigenvalue weighted by Gasteiger charge is 2.26. The highest BCUT2D eigenvalue weighted by Crippen LogP contribution is 2.22. The van der Waals surface area contributed by atoms with E-state index in [4.69, 9.17) is 9.84 Å². The number of amides is 2. The van der Waals surface area contributed by atoms with E-state index in [1.165, 1.54) is 0 Å². The monoisotopic (exact) mass is 300 g/mol. The third-order valence-corrected chi connectivity index (χ3v) is 3.88. The lowest BCUT2D eigenvalue weighted by atomic mass is 10.00. The van der Waals surface area contributed by atoms with Crippen LogP contribution in [0.25, 0.3) is 0 Å². The largest absolute Gasteiger partial charge is 0.481 e. The zero-order valence-electron chi connectivity index (χ0n) is 12.9. The van der Waals surface area contributed by atoms with Crippen LogP contribution in [0, 0.1) is 5.92 Å². The smallest absolute Gasteiger partial charge is 0.314 e. The number of carboxylic acids is 1. The molecular weight excluding hydrogens is 272 g/mol. The van der Waals surface area contributed by atoms with Crippen LogP contribution >= 0.6 is 0 Å². The van der Waals surface area contributed by atoms with Crippen LogP contribution in [0.2, 0.25) is 0 Å². The first kappa shape index (κ1) is 17.8. The molecule has 0 aliphatic carbocycles. The minimum Gasteiger partial charge on any atom is -0.481 e. The Morgan fingerprint density at radius 3 is 2.67 bits per heavy atom. The number of aliphatic carboxylic acids is 1. The van der Waals surface area contributed by atoms with Crippen molar-refractivity contribution < 1.29 is 19.4 Å². The van der Waals surface area contributed by atoms with Gasteiger partial charge in [0, 0.05) is 32.0 Å². The van der Waals surface area contributed by atoms with Gasteiger partial charge in [0.15, 0.2) is 0 Å². The summed E-state index contributed by atoms with van der Waals surface area (Å²) >= 11 is 0. The fraction of sp³-hybridized carbons (Fsp3) is 0.867. The zero-order chi connectivity index (χ0) is 15.5. The molecule has 0 radical (unpaired) electrons. The predicted molar refractivity (Wildman–Crippen MR) is 80.3 cm³/mol. The fourth-order valence-electron chi connectivity index (χ4n) is 2.62. The molecule has 2 atom stereocenters. The van der Waals surface area contributed by atoms with Crippen molar-refractivity contribution in [1.29, 1.82) is 0 Å². The van der Waals surface area contributed by atoms with Crippen molar-refractivity contribution in [3.8, 4) is 0 Å². The summed E-state index contributed by atoms with van der Waals surface area (Å²) in [5.74, 6) is -0.314. The molecule has 1 saturated heterocycles. The number of carbonyl (C=O) groups excluding carboxylic acids is 1. The van der Waals surface area contributed by atoms with Gasteiger partial charge < -0.3 is 20.5 Å². The Bertz CT molecular complexity index is 323. The van der Waals surface area contributed by atoms with E-state index in [1.54, 1.807) is 0 Å². The van der Waals surface area contributed by atoms with E-state index in [1.807, 2.05) is 0 Å². The van der Waals surface area contributed by atoms with Gasteiger partial charge in [0.25, 0.3) is 0 Å². The molecule has 6 heteroatoms. The number of hydrogen-bond donors (Lipinski definition) is 3. The molecule has 0 aromatic heterocycles.